The van der Waals surface area contributed by atoms with Gasteiger partial charge in [-0.25, -0.2) is 0 Å². The van der Waals surface area contributed by atoms with Gasteiger partial charge in [0.15, 0.2) is 0 Å². The van der Waals surface area contributed by atoms with Crippen LogP contribution in [0.1, 0.15) is 77.1 Å². The first-order valence-corrected chi connectivity index (χ1v) is 12.2. The predicted octanol–water partition coefficient (Wildman–Crippen LogP) is 3.63. The van der Waals surface area contributed by atoms with E-state index < -0.39 is 22.8 Å². The van der Waals surface area contributed by atoms with Gasteiger partial charge in [0.2, 0.25) is 17.8 Å². The number of nitrogens with zero attached hydrogens (tertiary/aromatic N) is 2. The zero-order valence-electron chi connectivity index (χ0n) is 21.2. The molecule has 2 aliphatic rings. The van der Waals surface area contributed by atoms with Crippen LogP contribution >= 0.6 is 0 Å². The Morgan fingerprint density at radius 1 is 1.31 bits per heavy atom. The molecule has 1 aliphatic heterocycles. The maximum absolute atomic E-state index is 13.8. The summed E-state index contributed by atoms with van der Waals surface area (Å²) in [5.41, 5.74) is -1.47. The number of ether oxygens (including phenoxy) is 1. The molecule has 2 atom stereocenters. The Hall–Kier alpha value is -2.36. The van der Waals surface area contributed by atoms with Crippen LogP contribution in [0.25, 0.3) is 0 Å². The average Bonchev–Trinajstić information content (AvgIpc) is 3.12. The molecule has 0 saturated heterocycles. The van der Waals surface area contributed by atoms with E-state index in [0.717, 1.165) is 12.5 Å². The number of hydrogen-bond acceptors (Lipinski definition) is 5. The van der Waals surface area contributed by atoms with Gasteiger partial charge in [0, 0.05) is 22.9 Å². The summed E-state index contributed by atoms with van der Waals surface area (Å²) in [6.45, 7) is 9.92. The van der Waals surface area contributed by atoms with Gasteiger partial charge in [0.25, 0.3) is 0 Å². The summed E-state index contributed by atoms with van der Waals surface area (Å²) in [7, 11) is 0. The van der Waals surface area contributed by atoms with Crippen molar-refractivity contribution in [3.63, 3.8) is 0 Å². The molecule has 10 heteroatoms. The number of halogens is 3. The van der Waals surface area contributed by atoms with Crippen molar-refractivity contribution >= 4 is 11.9 Å². The molecule has 196 valence electrons. The number of esters is 1. The van der Waals surface area contributed by atoms with E-state index in [-0.39, 0.29) is 43.3 Å². The van der Waals surface area contributed by atoms with E-state index in [1.165, 1.54) is 0 Å². The van der Waals surface area contributed by atoms with Crippen molar-refractivity contribution in [2.75, 3.05) is 13.1 Å². The summed E-state index contributed by atoms with van der Waals surface area (Å²) < 4.78 is 45.7. The fourth-order valence-electron chi connectivity index (χ4n) is 5.42. The number of nitrogens with one attached hydrogen (secondary N) is 1. The highest BCUT2D eigenvalue weighted by Gasteiger charge is 2.48. The lowest BCUT2D eigenvalue weighted by Gasteiger charge is -2.37. The van der Waals surface area contributed by atoms with Gasteiger partial charge in [-0.05, 0) is 58.4 Å². The van der Waals surface area contributed by atoms with Crippen molar-refractivity contribution in [3.05, 3.63) is 29.1 Å². The fraction of sp³-hybridized carbons (Fsp3) is 0.720. The Balaban J connectivity index is 1.74. The van der Waals surface area contributed by atoms with Gasteiger partial charge in [-0.3, -0.25) is 14.8 Å². The molecule has 1 aromatic rings. The molecule has 1 aliphatic carbocycles. The van der Waals surface area contributed by atoms with Crippen molar-refractivity contribution in [1.29, 1.82) is 0 Å². The average molecular weight is 501 g/mol. The van der Waals surface area contributed by atoms with Crippen molar-refractivity contribution in [1.82, 2.24) is 10.2 Å². The van der Waals surface area contributed by atoms with E-state index in [2.05, 4.69) is 5.32 Å². The monoisotopic (exact) mass is 500 g/mol. The van der Waals surface area contributed by atoms with Gasteiger partial charge in [-0.15, -0.1) is 0 Å². The first-order chi connectivity index (χ1) is 16.1. The third-order valence-corrected chi connectivity index (χ3v) is 6.65. The zero-order valence-corrected chi connectivity index (χ0v) is 21.2. The number of pyridine rings is 1. The molecular weight excluding hydrogens is 463 g/mol. The molecule has 7 nitrogen and oxygen atoms in total. The lowest BCUT2D eigenvalue weighted by molar-refractivity contribution is -0.910. The highest BCUT2D eigenvalue weighted by Crippen LogP contribution is 2.45. The molecule has 1 amide bonds. The van der Waals surface area contributed by atoms with Crippen LogP contribution < -0.4 is 10.0 Å². The van der Waals surface area contributed by atoms with Crippen LogP contribution in [0.3, 0.4) is 0 Å². The van der Waals surface area contributed by atoms with Crippen molar-refractivity contribution in [2.45, 2.75) is 91.1 Å². The molecule has 1 aromatic heterocycles. The van der Waals surface area contributed by atoms with Crippen LogP contribution in [0, 0.1) is 11.3 Å². The number of aromatic nitrogens is 1. The topological polar surface area (TPSA) is 82.8 Å². The van der Waals surface area contributed by atoms with Crippen LogP contribution in [0.2, 0.25) is 0 Å². The second kappa shape index (κ2) is 9.95. The number of fused-ring (bicyclic) bond motifs is 1. The van der Waals surface area contributed by atoms with Crippen LogP contribution in [0.15, 0.2) is 12.3 Å². The molecule has 0 aromatic carbocycles. The summed E-state index contributed by atoms with van der Waals surface area (Å²) in [4.78, 5) is 27.6. The van der Waals surface area contributed by atoms with Crippen LogP contribution in [0.5, 0.6) is 0 Å². The molecule has 1 fully saturated rings. The molecule has 2 heterocycles. The van der Waals surface area contributed by atoms with Gasteiger partial charge >= 0.3 is 12.1 Å². The molecule has 2 N–H and O–H groups in total. The Labute approximate surface area is 204 Å². The third-order valence-electron chi connectivity index (χ3n) is 6.65. The zero-order chi connectivity index (χ0) is 26.2. The summed E-state index contributed by atoms with van der Waals surface area (Å²) in [6.07, 6.45) is -1.07. The number of rotatable bonds is 6. The standard InChI is InChI=1S/C25H37F3N3O4/c1-16(2)11-24(8-6-19(12-24)29-13-21(32)35-23(3,4)5)22(33)30-9-7-20-17(14-30)10-18(15-31(20)34)25(26,27)28/h10,15-16,19,29,34H,6-9,11-14H2,1-5H3/q+1/t19-,24-/m1/s1. The normalized spacial score (nSPS) is 22.9. The summed E-state index contributed by atoms with van der Waals surface area (Å²) >= 11 is 0. The summed E-state index contributed by atoms with van der Waals surface area (Å²) in [6, 6.07) is 0.995. The van der Waals surface area contributed by atoms with Gasteiger partial charge in [0.1, 0.15) is 11.2 Å². The van der Waals surface area contributed by atoms with E-state index in [1.54, 1.807) is 25.7 Å². The molecular formula is C25H37F3N3O4+. The summed E-state index contributed by atoms with van der Waals surface area (Å²) in [5, 5.41) is 13.3. The lowest BCUT2D eigenvalue weighted by atomic mass is 9.76. The molecule has 0 radical (unpaired) electrons. The van der Waals surface area contributed by atoms with Crippen molar-refractivity contribution in [3.8, 4) is 0 Å². The first kappa shape index (κ1) is 27.2. The largest absolute Gasteiger partial charge is 0.459 e. The number of carbonyl (C=O) groups excluding carboxylic acids is 2. The van der Waals surface area contributed by atoms with E-state index in [0.29, 0.717) is 48.0 Å². The number of alkyl halides is 3. The van der Waals surface area contributed by atoms with Gasteiger partial charge in [-0.1, -0.05) is 13.8 Å². The maximum atomic E-state index is 13.8. The predicted molar refractivity (Wildman–Crippen MR) is 121 cm³/mol. The first-order valence-electron chi connectivity index (χ1n) is 12.2. The van der Waals surface area contributed by atoms with Crippen LogP contribution in [-0.4, -0.2) is 46.7 Å². The molecule has 1 saturated carbocycles. The van der Waals surface area contributed by atoms with Gasteiger partial charge < -0.3 is 15.0 Å². The second-order valence-electron chi connectivity index (χ2n) is 11.3. The van der Waals surface area contributed by atoms with Gasteiger partial charge in [0.05, 0.1) is 24.9 Å². The lowest BCUT2D eigenvalue weighted by Crippen LogP contribution is -2.49. The molecule has 0 bridgehead atoms. The molecule has 0 spiro atoms. The molecule has 35 heavy (non-hydrogen) atoms. The number of carbonyl (C=O) groups is 2. The van der Waals surface area contributed by atoms with E-state index >= 15 is 0 Å². The minimum absolute atomic E-state index is 0.0223. The van der Waals surface area contributed by atoms with Crippen LogP contribution in [0.4, 0.5) is 13.2 Å². The highest BCUT2D eigenvalue weighted by molar-refractivity contribution is 5.83. The van der Waals surface area contributed by atoms with Crippen molar-refractivity contribution in [2.24, 2.45) is 11.3 Å². The second-order valence-corrected chi connectivity index (χ2v) is 11.3. The van der Waals surface area contributed by atoms with Crippen LogP contribution in [-0.2, 0) is 33.5 Å². The van der Waals surface area contributed by atoms with E-state index in [1.807, 2.05) is 13.8 Å². The third kappa shape index (κ3) is 6.65. The highest BCUT2D eigenvalue weighted by atomic mass is 19.4. The smallest absolute Gasteiger partial charge is 0.422 e. The van der Waals surface area contributed by atoms with E-state index in [4.69, 9.17) is 4.74 Å². The number of hydrogen-bond donors (Lipinski definition) is 2. The Bertz CT molecular complexity index is 959. The maximum Gasteiger partial charge on any atom is 0.422 e. The Kier molecular flexibility index (Phi) is 7.74. The Morgan fingerprint density at radius 3 is 2.60 bits per heavy atom. The molecule has 0 unspecified atom stereocenters. The quantitative estimate of drug-likeness (QED) is 0.354. The Morgan fingerprint density at radius 2 is 2.00 bits per heavy atom. The number of amides is 1. The minimum Gasteiger partial charge on any atom is -0.459 e. The van der Waals surface area contributed by atoms with Gasteiger partial charge in [-0.2, -0.15) is 13.2 Å². The molecule has 3 rings (SSSR count). The minimum atomic E-state index is -4.59. The SMILES string of the molecule is CC(C)C[C@]1(C(=O)N2CCc3c(cc(C(F)(F)F)c[n+]3O)C2)CC[C@@H](NCC(=O)OC(C)(C)C)C1. The fourth-order valence-corrected chi connectivity index (χ4v) is 5.42. The van der Waals surface area contributed by atoms with E-state index in [9.17, 15) is 28.0 Å². The summed E-state index contributed by atoms with van der Waals surface area (Å²) in [5.74, 6) is -0.173. The van der Waals surface area contributed by atoms with Crippen molar-refractivity contribution < 1.29 is 37.4 Å².